The molecule has 0 spiro atoms. The summed E-state index contributed by atoms with van der Waals surface area (Å²) in [7, 11) is 0. The van der Waals surface area contributed by atoms with Crippen molar-refractivity contribution in [3.63, 3.8) is 0 Å². The summed E-state index contributed by atoms with van der Waals surface area (Å²) in [6.07, 6.45) is 1.53. The van der Waals surface area contributed by atoms with Crippen LogP contribution in [0.4, 0.5) is 0 Å². The molecule has 180 valence electrons. The van der Waals surface area contributed by atoms with Crippen molar-refractivity contribution in [1.82, 2.24) is 20.1 Å². The zero-order chi connectivity index (χ0) is 24.8. The van der Waals surface area contributed by atoms with Crippen LogP contribution in [0.1, 0.15) is 42.5 Å². The third kappa shape index (κ3) is 6.17. The van der Waals surface area contributed by atoms with Gasteiger partial charge in [-0.3, -0.25) is 14.2 Å². The largest absolute Gasteiger partial charge is 0.356 e. The smallest absolute Gasteiger partial charge is 0.216 e. The summed E-state index contributed by atoms with van der Waals surface area (Å²) >= 11 is 1.38. The highest BCUT2D eigenvalue weighted by molar-refractivity contribution is 7.99. The fourth-order valence-corrected chi connectivity index (χ4v) is 4.92. The first-order valence-electron chi connectivity index (χ1n) is 11.8. The van der Waals surface area contributed by atoms with Crippen molar-refractivity contribution in [3.8, 4) is 5.69 Å². The molecule has 0 fully saturated rings. The van der Waals surface area contributed by atoms with E-state index in [1.54, 1.807) is 0 Å². The van der Waals surface area contributed by atoms with Gasteiger partial charge < -0.3 is 5.32 Å². The normalized spacial score (nSPS) is 11.2. The average Bonchev–Trinajstić information content (AvgIpc) is 3.24. The summed E-state index contributed by atoms with van der Waals surface area (Å²) in [6, 6.07) is 22.2. The van der Waals surface area contributed by atoms with Crippen molar-refractivity contribution < 1.29 is 9.59 Å². The number of benzene rings is 3. The number of carbonyl (C=O) groups excluding carboxylic acids is 2. The molecule has 1 amide bonds. The van der Waals surface area contributed by atoms with Crippen LogP contribution in [0, 0.1) is 5.92 Å². The number of ketones is 1. The van der Waals surface area contributed by atoms with Crippen LogP contribution < -0.4 is 5.32 Å². The third-order valence-electron chi connectivity index (χ3n) is 5.68. The minimum atomic E-state index is -0.0826. The predicted octanol–water partition coefficient (Wildman–Crippen LogP) is 5.27. The van der Waals surface area contributed by atoms with Crippen LogP contribution in [0.3, 0.4) is 0 Å². The standard InChI is InChI=1S/C28H30N4O2S/c1-19(2)17-21-11-13-23(14-12-21)26(34)18-35-28-31-30-27(15-16-29-20(3)33)32(28)25-10-6-8-22-7-4-5-9-24(22)25/h4-14,19H,15-18H2,1-3H3,(H,29,33). The van der Waals surface area contributed by atoms with Gasteiger partial charge in [0.15, 0.2) is 10.9 Å². The fraction of sp³-hybridized carbons (Fsp3) is 0.286. The van der Waals surface area contributed by atoms with E-state index in [1.165, 1.54) is 24.2 Å². The molecule has 0 aliphatic rings. The SMILES string of the molecule is CC(=O)NCCc1nnc(SCC(=O)c2ccc(CC(C)C)cc2)n1-c1cccc2ccccc12. The number of hydrogen-bond donors (Lipinski definition) is 1. The van der Waals surface area contributed by atoms with Gasteiger partial charge in [0.05, 0.1) is 11.4 Å². The molecule has 1 aromatic heterocycles. The van der Waals surface area contributed by atoms with Crippen LogP contribution in [-0.2, 0) is 17.6 Å². The fourth-order valence-electron chi connectivity index (χ4n) is 4.06. The van der Waals surface area contributed by atoms with Crippen molar-refractivity contribution in [3.05, 3.63) is 83.7 Å². The minimum absolute atomic E-state index is 0.0540. The lowest BCUT2D eigenvalue weighted by molar-refractivity contribution is -0.118. The van der Waals surface area contributed by atoms with E-state index in [1.807, 2.05) is 53.1 Å². The lowest BCUT2D eigenvalue weighted by Gasteiger charge is -2.13. The summed E-state index contributed by atoms with van der Waals surface area (Å²) < 4.78 is 2.01. The molecule has 7 heteroatoms. The summed E-state index contributed by atoms with van der Waals surface area (Å²) in [5.74, 6) is 1.55. The molecule has 4 aromatic rings. The Morgan fingerprint density at radius 2 is 1.71 bits per heavy atom. The van der Waals surface area contributed by atoms with Crippen LogP contribution in [0.15, 0.2) is 71.9 Å². The van der Waals surface area contributed by atoms with Crippen molar-refractivity contribution >= 4 is 34.2 Å². The summed E-state index contributed by atoms with van der Waals surface area (Å²) in [5.41, 5.74) is 2.90. The number of Topliss-reactive ketones (excluding diaryl/α,β-unsaturated/α-hetero) is 1. The molecule has 0 saturated carbocycles. The van der Waals surface area contributed by atoms with E-state index in [4.69, 9.17) is 0 Å². The van der Waals surface area contributed by atoms with Crippen LogP contribution >= 0.6 is 11.8 Å². The first-order valence-corrected chi connectivity index (χ1v) is 12.8. The Hall–Kier alpha value is -3.45. The van der Waals surface area contributed by atoms with Gasteiger partial charge in [0.25, 0.3) is 0 Å². The highest BCUT2D eigenvalue weighted by Gasteiger charge is 2.18. The lowest BCUT2D eigenvalue weighted by atomic mass is 10.0. The molecule has 0 aliphatic heterocycles. The summed E-state index contributed by atoms with van der Waals surface area (Å²) in [6.45, 7) is 6.33. The van der Waals surface area contributed by atoms with Crippen LogP contribution in [0.5, 0.6) is 0 Å². The second kappa shape index (κ2) is 11.3. The molecule has 6 nitrogen and oxygen atoms in total. The Morgan fingerprint density at radius 3 is 2.46 bits per heavy atom. The van der Waals surface area contributed by atoms with Gasteiger partial charge in [-0.1, -0.05) is 86.3 Å². The highest BCUT2D eigenvalue weighted by atomic mass is 32.2. The van der Waals surface area contributed by atoms with Gasteiger partial charge in [0, 0.05) is 30.8 Å². The molecule has 0 unspecified atom stereocenters. The number of thioether (sulfide) groups is 1. The van der Waals surface area contributed by atoms with Gasteiger partial charge in [-0.2, -0.15) is 0 Å². The average molecular weight is 487 g/mol. The van der Waals surface area contributed by atoms with Gasteiger partial charge >= 0.3 is 0 Å². The third-order valence-corrected chi connectivity index (χ3v) is 6.61. The molecule has 0 aliphatic carbocycles. The zero-order valence-corrected chi connectivity index (χ0v) is 21.1. The van der Waals surface area contributed by atoms with Crippen molar-refractivity contribution in [1.29, 1.82) is 0 Å². The van der Waals surface area contributed by atoms with E-state index in [-0.39, 0.29) is 17.4 Å². The monoisotopic (exact) mass is 486 g/mol. The van der Waals surface area contributed by atoms with Gasteiger partial charge in [-0.05, 0) is 29.4 Å². The Kier molecular flexibility index (Phi) is 7.98. The maximum absolute atomic E-state index is 12.9. The number of hydrogen-bond acceptors (Lipinski definition) is 5. The van der Waals surface area contributed by atoms with Crippen molar-refractivity contribution in [2.24, 2.45) is 5.92 Å². The van der Waals surface area contributed by atoms with Crippen LogP contribution in [0.25, 0.3) is 16.5 Å². The Morgan fingerprint density at radius 1 is 0.971 bits per heavy atom. The molecular weight excluding hydrogens is 456 g/mol. The Bertz CT molecular complexity index is 1320. The molecule has 3 aromatic carbocycles. The maximum Gasteiger partial charge on any atom is 0.216 e. The number of fused-ring (bicyclic) bond motifs is 1. The number of carbonyl (C=O) groups is 2. The minimum Gasteiger partial charge on any atom is -0.356 e. The predicted molar refractivity (Wildman–Crippen MR) is 141 cm³/mol. The lowest BCUT2D eigenvalue weighted by Crippen LogP contribution is -2.23. The van der Waals surface area contributed by atoms with Crippen molar-refractivity contribution in [2.75, 3.05) is 12.3 Å². The number of nitrogens with zero attached hydrogens (tertiary/aromatic N) is 3. The number of rotatable bonds is 10. The number of aromatic nitrogens is 3. The molecule has 35 heavy (non-hydrogen) atoms. The van der Waals surface area contributed by atoms with Crippen molar-refractivity contribution in [2.45, 2.75) is 38.8 Å². The van der Waals surface area contributed by atoms with Crippen LogP contribution in [0.2, 0.25) is 0 Å². The van der Waals surface area contributed by atoms with Gasteiger partial charge in [0.1, 0.15) is 5.82 Å². The number of amides is 1. The second-order valence-electron chi connectivity index (χ2n) is 8.97. The quantitative estimate of drug-likeness (QED) is 0.244. The van der Waals surface area contributed by atoms with E-state index >= 15 is 0 Å². The molecule has 0 atom stereocenters. The van der Waals surface area contributed by atoms with Crippen LogP contribution in [-0.4, -0.2) is 38.8 Å². The van der Waals surface area contributed by atoms with E-state index in [0.29, 0.717) is 29.6 Å². The topological polar surface area (TPSA) is 76.9 Å². The van der Waals surface area contributed by atoms with Gasteiger partial charge in [-0.25, -0.2) is 0 Å². The molecule has 4 rings (SSSR count). The van der Waals surface area contributed by atoms with E-state index in [2.05, 4.69) is 47.6 Å². The molecule has 0 saturated heterocycles. The summed E-state index contributed by atoms with van der Waals surface area (Å²) in [5, 5.41) is 14.5. The van der Waals surface area contributed by atoms with E-state index < -0.39 is 0 Å². The second-order valence-corrected chi connectivity index (χ2v) is 9.91. The molecule has 0 bridgehead atoms. The molecule has 1 heterocycles. The van der Waals surface area contributed by atoms with E-state index in [0.717, 1.165) is 28.7 Å². The molecule has 1 N–H and O–H groups in total. The van der Waals surface area contributed by atoms with Gasteiger partial charge in [0.2, 0.25) is 5.91 Å². The number of nitrogens with one attached hydrogen (secondary N) is 1. The first kappa shape index (κ1) is 24.7. The maximum atomic E-state index is 12.9. The summed E-state index contributed by atoms with van der Waals surface area (Å²) in [4.78, 5) is 24.3. The Labute approximate surface area is 210 Å². The zero-order valence-electron chi connectivity index (χ0n) is 20.3. The Balaban J connectivity index is 1.59. The molecular formula is C28H30N4O2S. The van der Waals surface area contributed by atoms with E-state index in [9.17, 15) is 9.59 Å². The van der Waals surface area contributed by atoms with Gasteiger partial charge in [-0.15, -0.1) is 10.2 Å². The molecule has 0 radical (unpaired) electrons. The highest BCUT2D eigenvalue weighted by Crippen LogP contribution is 2.28. The first-order chi connectivity index (χ1) is 16.9.